The molecule has 0 aromatic carbocycles. The Morgan fingerprint density at radius 3 is 3.00 bits per heavy atom. The molecule has 1 atom stereocenters. The molecule has 4 N–H and O–H groups in total. The van der Waals surface area contributed by atoms with Crippen LogP contribution in [-0.4, -0.2) is 40.7 Å². The number of ether oxygens (including phenoxy) is 1. The number of nitrogen functional groups attached to an aromatic ring is 1. The van der Waals surface area contributed by atoms with Crippen LogP contribution in [0.3, 0.4) is 0 Å². The highest BCUT2D eigenvalue weighted by atomic mass is 16.5. The largest absolute Gasteiger partial charge is 0.386 e. The number of nitrogens with two attached hydrogens (primary N) is 1. The van der Waals surface area contributed by atoms with Crippen LogP contribution in [0, 0.1) is 0 Å². The van der Waals surface area contributed by atoms with Gasteiger partial charge in [-0.25, -0.2) is 0 Å². The SMILES string of the molecule is Nc1ccc(NCC2(O)CCOC2)nn1. The predicted molar refractivity (Wildman–Crippen MR) is 55.3 cm³/mol. The summed E-state index contributed by atoms with van der Waals surface area (Å²) in [5.41, 5.74) is 4.61. The molecular weight excluding hydrogens is 196 g/mol. The molecule has 6 nitrogen and oxygen atoms in total. The molecule has 15 heavy (non-hydrogen) atoms. The first-order chi connectivity index (χ1) is 7.18. The molecule has 0 spiro atoms. The van der Waals surface area contributed by atoms with Crippen LogP contribution in [0.15, 0.2) is 12.1 Å². The van der Waals surface area contributed by atoms with Crippen LogP contribution in [0.5, 0.6) is 0 Å². The van der Waals surface area contributed by atoms with Crippen molar-refractivity contribution >= 4 is 11.6 Å². The van der Waals surface area contributed by atoms with Gasteiger partial charge < -0.3 is 20.9 Å². The third kappa shape index (κ3) is 2.54. The Hall–Kier alpha value is -1.40. The number of anilines is 2. The smallest absolute Gasteiger partial charge is 0.148 e. The molecule has 0 radical (unpaired) electrons. The van der Waals surface area contributed by atoms with Gasteiger partial charge in [-0.3, -0.25) is 0 Å². The Morgan fingerprint density at radius 1 is 1.53 bits per heavy atom. The quantitative estimate of drug-likeness (QED) is 0.630. The van der Waals surface area contributed by atoms with Gasteiger partial charge in [0.1, 0.15) is 17.2 Å². The molecule has 82 valence electrons. The van der Waals surface area contributed by atoms with Crippen molar-refractivity contribution in [2.45, 2.75) is 12.0 Å². The minimum Gasteiger partial charge on any atom is -0.386 e. The second kappa shape index (κ2) is 4.00. The predicted octanol–water partition coefficient (Wildman–Crippen LogP) is -0.378. The minimum absolute atomic E-state index is 0.363. The molecule has 6 heteroatoms. The summed E-state index contributed by atoms with van der Waals surface area (Å²) in [4.78, 5) is 0. The number of rotatable bonds is 3. The molecule has 2 rings (SSSR count). The van der Waals surface area contributed by atoms with Crippen LogP contribution in [-0.2, 0) is 4.74 Å². The lowest BCUT2D eigenvalue weighted by Gasteiger charge is -2.20. The molecule has 1 aliphatic heterocycles. The molecule has 0 amide bonds. The minimum atomic E-state index is -0.789. The van der Waals surface area contributed by atoms with Gasteiger partial charge in [0, 0.05) is 19.6 Å². The Morgan fingerprint density at radius 2 is 2.40 bits per heavy atom. The lowest BCUT2D eigenvalue weighted by Crippen LogP contribution is -2.37. The van der Waals surface area contributed by atoms with Crippen molar-refractivity contribution in [3.8, 4) is 0 Å². The van der Waals surface area contributed by atoms with Crippen LogP contribution in [0.2, 0.25) is 0 Å². The summed E-state index contributed by atoms with van der Waals surface area (Å²) in [6.45, 7) is 1.37. The number of hydrogen-bond acceptors (Lipinski definition) is 6. The average molecular weight is 210 g/mol. The van der Waals surface area contributed by atoms with Gasteiger partial charge in [0.25, 0.3) is 0 Å². The molecule has 0 aliphatic carbocycles. The van der Waals surface area contributed by atoms with Gasteiger partial charge in [0.15, 0.2) is 0 Å². The van der Waals surface area contributed by atoms with E-state index in [1.807, 2.05) is 0 Å². The van der Waals surface area contributed by atoms with E-state index in [9.17, 15) is 5.11 Å². The van der Waals surface area contributed by atoms with E-state index >= 15 is 0 Å². The number of nitrogens with one attached hydrogen (secondary N) is 1. The number of aliphatic hydroxyl groups is 1. The fraction of sp³-hybridized carbons (Fsp3) is 0.556. The van der Waals surface area contributed by atoms with E-state index < -0.39 is 5.60 Å². The number of aromatic nitrogens is 2. The summed E-state index contributed by atoms with van der Waals surface area (Å²) >= 11 is 0. The van der Waals surface area contributed by atoms with Crippen molar-refractivity contribution in [2.24, 2.45) is 0 Å². The molecule has 1 unspecified atom stereocenters. The van der Waals surface area contributed by atoms with Gasteiger partial charge in [-0.05, 0) is 12.1 Å². The van der Waals surface area contributed by atoms with Gasteiger partial charge >= 0.3 is 0 Å². The molecule has 0 bridgehead atoms. The van der Waals surface area contributed by atoms with E-state index in [-0.39, 0.29) is 0 Å². The summed E-state index contributed by atoms with van der Waals surface area (Å²) in [6.07, 6.45) is 0.641. The summed E-state index contributed by atoms with van der Waals surface area (Å²) in [5, 5.41) is 20.5. The van der Waals surface area contributed by atoms with Crippen LogP contribution >= 0.6 is 0 Å². The Kier molecular flexibility index (Phi) is 2.70. The van der Waals surface area contributed by atoms with Crippen molar-refractivity contribution in [3.05, 3.63) is 12.1 Å². The number of nitrogens with zero attached hydrogens (tertiary/aromatic N) is 2. The molecular formula is C9H14N4O2. The molecule has 1 aromatic rings. The van der Waals surface area contributed by atoms with Crippen LogP contribution in [0.25, 0.3) is 0 Å². The van der Waals surface area contributed by atoms with E-state index in [0.29, 0.717) is 37.8 Å². The maximum absolute atomic E-state index is 9.95. The monoisotopic (exact) mass is 210 g/mol. The van der Waals surface area contributed by atoms with Crippen molar-refractivity contribution in [1.82, 2.24) is 10.2 Å². The summed E-state index contributed by atoms with van der Waals surface area (Å²) < 4.78 is 5.12. The summed E-state index contributed by atoms with van der Waals surface area (Å²) in [5.74, 6) is 0.980. The van der Waals surface area contributed by atoms with Crippen LogP contribution in [0.1, 0.15) is 6.42 Å². The van der Waals surface area contributed by atoms with E-state index in [2.05, 4.69) is 15.5 Å². The zero-order chi connectivity index (χ0) is 10.7. The molecule has 1 saturated heterocycles. The molecule has 2 heterocycles. The summed E-state index contributed by atoms with van der Waals surface area (Å²) in [7, 11) is 0. The van der Waals surface area contributed by atoms with Crippen molar-refractivity contribution in [3.63, 3.8) is 0 Å². The van der Waals surface area contributed by atoms with Crippen molar-refractivity contribution < 1.29 is 9.84 Å². The van der Waals surface area contributed by atoms with Gasteiger partial charge in [-0.2, -0.15) is 0 Å². The first-order valence-corrected chi connectivity index (χ1v) is 4.81. The topological polar surface area (TPSA) is 93.3 Å². The van der Waals surface area contributed by atoms with E-state index in [0.717, 1.165) is 0 Å². The maximum atomic E-state index is 9.95. The Bertz CT molecular complexity index is 321. The Labute approximate surface area is 87.5 Å². The first-order valence-electron chi connectivity index (χ1n) is 4.81. The fourth-order valence-electron chi connectivity index (χ4n) is 1.43. The first kappa shape index (κ1) is 10.1. The molecule has 0 saturated carbocycles. The van der Waals surface area contributed by atoms with Gasteiger partial charge in [0.05, 0.1) is 6.61 Å². The fourth-order valence-corrected chi connectivity index (χ4v) is 1.43. The van der Waals surface area contributed by atoms with Crippen molar-refractivity contribution in [1.29, 1.82) is 0 Å². The summed E-state index contributed by atoms with van der Waals surface area (Å²) in [6, 6.07) is 3.38. The molecule has 1 fully saturated rings. The zero-order valence-corrected chi connectivity index (χ0v) is 8.31. The highest BCUT2D eigenvalue weighted by molar-refractivity contribution is 5.38. The third-order valence-corrected chi connectivity index (χ3v) is 2.37. The maximum Gasteiger partial charge on any atom is 0.148 e. The number of hydrogen-bond donors (Lipinski definition) is 3. The van der Waals surface area contributed by atoms with E-state index in [1.54, 1.807) is 12.1 Å². The van der Waals surface area contributed by atoms with E-state index in [1.165, 1.54) is 0 Å². The zero-order valence-electron chi connectivity index (χ0n) is 8.31. The molecule has 1 aliphatic rings. The third-order valence-electron chi connectivity index (χ3n) is 2.37. The molecule has 1 aromatic heterocycles. The van der Waals surface area contributed by atoms with Crippen LogP contribution in [0.4, 0.5) is 11.6 Å². The lowest BCUT2D eigenvalue weighted by atomic mass is 10.0. The lowest BCUT2D eigenvalue weighted by molar-refractivity contribution is 0.0381. The normalized spacial score (nSPS) is 25.4. The highest BCUT2D eigenvalue weighted by Crippen LogP contribution is 2.18. The van der Waals surface area contributed by atoms with Gasteiger partial charge in [0.2, 0.25) is 0 Å². The van der Waals surface area contributed by atoms with Gasteiger partial charge in [-0.15, -0.1) is 10.2 Å². The second-order valence-electron chi connectivity index (χ2n) is 3.72. The van der Waals surface area contributed by atoms with Gasteiger partial charge in [-0.1, -0.05) is 0 Å². The highest BCUT2D eigenvalue weighted by Gasteiger charge is 2.31. The second-order valence-corrected chi connectivity index (χ2v) is 3.72. The standard InChI is InChI=1S/C9H14N4O2/c10-7-1-2-8(13-12-7)11-5-9(14)3-4-15-6-9/h1-2,14H,3-6H2,(H2,10,12)(H,11,13). The Balaban J connectivity index is 1.90. The average Bonchev–Trinajstić information content (AvgIpc) is 2.65. The van der Waals surface area contributed by atoms with Crippen LogP contribution < -0.4 is 11.1 Å². The van der Waals surface area contributed by atoms with Crippen molar-refractivity contribution in [2.75, 3.05) is 30.8 Å². The van der Waals surface area contributed by atoms with E-state index in [4.69, 9.17) is 10.5 Å².